The molecule has 0 spiro atoms. The van der Waals surface area contributed by atoms with Gasteiger partial charge in [0.25, 0.3) is 0 Å². The van der Waals surface area contributed by atoms with E-state index in [0.717, 1.165) is 23.6 Å². The molecule has 4 heteroatoms. The van der Waals surface area contributed by atoms with E-state index in [9.17, 15) is 0 Å². The average molecular weight is 256 g/mol. The number of hydrogen-bond donors (Lipinski definition) is 1. The molecule has 1 atom stereocenters. The Bertz CT molecular complexity index is 407. The maximum Gasteiger partial charge on any atom is 0.0849 e. The smallest absolute Gasteiger partial charge is 0.0849 e. The molecule has 2 rings (SSSR count). The number of nitrogens with zero attached hydrogens (tertiary/aromatic N) is 2. The normalized spacial score (nSPS) is 19.4. The van der Waals surface area contributed by atoms with Crippen LogP contribution in [0, 0.1) is 5.41 Å². The quantitative estimate of drug-likeness (QED) is 0.877. The predicted octanol–water partition coefficient (Wildman–Crippen LogP) is 2.57. The fourth-order valence-corrected chi connectivity index (χ4v) is 2.94. The first kappa shape index (κ1) is 12.9. The highest BCUT2D eigenvalue weighted by molar-refractivity contribution is 6.31. The van der Waals surface area contributed by atoms with Crippen molar-refractivity contribution in [3.63, 3.8) is 0 Å². The number of aromatic nitrogens is 2. The average Bonchev–Trinajstić information content (AvgIpc) is 3.06. The van der Waals surface area contributed by atoms with Crippen molar-refractivity contribution in [3.8, 4) is 0 Å². The van der Waals surface area contributed by atoms with E-state index in [1.807, 2.05) is 18.8 Å². The lowest BCUT2D eigenvalue weighted by atomic mass is 9.92. The van der Waals surface area contributed by atoms with Gasteiger partial charge in [0.05, 0.1) is 16.4 Å². The third kappa shape index (κ3) is 2.23. The fraction of sp³-hybridized carbons (Fsp3) is 0.769. The summed E-state index contributed by atoms with van der Waals surface area (Å²) in [5.41, 5.74) is 2.62. The van der Waals surface area contributed by atoms with E-state index in [1.165, 1.54) is 18.5 Å². The zero-order chi connectivity index (χ0) is 12.6. The number of halogens is 1. The molecule has 0 saturated heterocycles. The van der Waals surface area contributed by atoms with Crippen LogP contribution in [-0.2, 0) is 19.9 Å². The second-order valence-electron chi connectivity index (χ2n) is 5.23. The van der Waals surface area contributed by atoms with Gasteiger partial charge in [-0.25, -0.2) is 0 Å². The van der Waals surface area contributed by atoms with Crippen molar-refractivity contribution >= 4 is 11.6 Å². The van der Waals surface area contributed by atoms with Gasteiger partial charge in [-0.15, -0.1) is 0 Å². The third-order valence-electron chi connectivity index (χ3n) is 4.27. The van der Waals surface area contributed by atoms with Crippen LogP contribution in [-0.4, -0.2) is 22.9 Å². The second kappa shape index (κ2) is 4.62. The lowest BCUT2D eigenvalue weighted by Gasteiger charge is -2.23. The van der Waals surface area contributed by atoms with Crippen LogP contribution in [0.4, 0.5) is 0 Å². The van der Waals surface area contributed by atoms with Gasteiger partial charge in [0.2, 0.25) is 0 Å². The molecule has 0 aromatic carbocycles. The van der Waals surface area contributed by atoms with Crippen LogP contribution in [0.2, 0.25) is 5.02 Å². The molecule has 1 aromatic heterocycles. The molecule has 1 fully saturated rings. The Morgan fingerprint density at radius 1 is 1.53 bits per heavy atom. The molecule has 0 radical (unpaired) electrons. The molecule has 3 nitrogen and oxygen atoms in total. The van der Waals surface area contributed by atoms with Gasteiger partial charge in [-0.3, -0.25) is 4.68 Å². The Morgan fingerprint density at radius 3 is 2.59 bits per heavy atom. The second-order valence-corrected chi connectivity index (χ2v) is 5.61. The molecule has 0 amide bonds. The Labute approximate surface area is 109 Å². The molecule has 1 aliphatic carbocycles. The molecule has 17 heavy (non-hydrogen) atoms. The van der Waals surface area contributed by atoms with E-state index in [4.69, 9.17) is 11.6 Å². The van der Waals surface area contributed by atoms with E-state index in [-0.39, 0.29) is 0 Å². The van der Waals surface area contributed by atoms with Crippen LogP contribution < -0.4 is 5.32 Å². The van der Waals surface area contributed by atoms with Crippen LogP contribution in [0.1, 0.15) is 38.1 Å². The minimum Gasteiger partial charge on any atom is -0.317 e. The van der Waals surface area contributed by atoms with Gasteiger partial charge in [-0.1, -0.05) is 18.5 Å². The maximum atomic E-state index is 6.41. The van der Waals surface area contributed by atoms with E-state index in [1.54, 1.807) is 0 Å². The molecule has 0 bridgehead atoms. The van der Waals surface area contributed by atoms with Gasteiger partial charge < -0.3 is 5.32 Å². The molecule has 1 aliphatic rings. The van der Waals surface area contributed by atoms with E-state index in [2.05, 4.69) is 24.3 Å². The highest BCUT2D eigenvalue weighted by Gasteiger charge is 2.47. The van der Waals surface area contributed by atoms with Gasteiger partial charge in [-0.05, 0) is 45.1 Å². The molecule has 1 aromatic rings. The van der Waals surface area contributed by atoms with Crippen LogP contribution in [0.5, 0.6) is 0 Å². The summed E-state index contributed by atoms with van der Waals surface area (Å²) in [6, 6.07) is 0.540. The molecule has 96 valence electrons. The monoisotopic (exact) mass is 255 g/mol. The van der Waals surface area contributed by atoms with Crippen LogP contribution in [0.25, 0.3) is 0 Å². The van der Waals surface area contributed by atoms with Crippen molar-refractivity contribution in [2.45, 2.75) is 45.6 Å². The molecule has 0 aliphatic heterocycles. The molecule has 1 heterocycles. The number of aryl methyl sites for hydroxylation is 2. The van der Waals surface area contributed by atoms with Crippen molar-refractivity contribution in [1.29, 1.82) is 0 Å². The van der Waals surface area contributed by atoms with Gasteiger partial charge >= 0.3 is 0 Å². The predicted molar refractivity (Wildman–Crippen MR) is 71.5 cm³/mol. The molecule has 1 N–H and O–H groups in total. The Kier molecular flexibility index (Phi) is 3.50. The highest BCUT2D eigenvalue weighted by atomic mass is 35.5. The zero-order valence-corrected chi connectivity index (χ0v) is 11.9. The van der Waals surface area contributed by atoms with Crippen LogP contribution in [0.15, 0.2) is 0 Å². The summed E-state index contributed by atoms with van der Waals surface area (Å²) >= 11 is 6.41. The Hall–Kier alpha value is -0.540. The van der Waals surface area contributed by atoms with Crippen LogP contribution in [0.3, 0.4) is 0 Å². The van der Waals surface area contributed by atoms with Crippen molar-refractivity contribution < 1.29 is 0 Å². The lowest BCUT2D eigenvalue weighted by molar-refractivity contribution is 0.361. The maximum absolute atomic E-state index is 6.41. The molecular weight excluding hydrogens is 234 g/mol. The summed E-state index contributed by atoms with van der Waals surface area (Å²) in [6.07, 6.45) is 4.52. The van der Waals surface area contributed by atoms with Crippen molar-refractivity contribution in [2.24, 2.45) is 12.5 Å². The number of nitrogens with one attached hydrogen (secondary N) is 1. The van der Waals surface area contributed by atoms with Gasteiger partial charge in [0.1, 0.15) is 0 Å². The van der Waals surface area contributed by atoms with Crippen molar-refractivity contribution in [3.05, 3.63) is 16.4 Å². The largest absolute Gasteiger partial charge is 0.317 e. The third-order valence-corrected chi connectivity index (χ3v) is 4.70. The fourth-order valence-electron chi connectivity index (χ4n) is 2.57. The summed E-state index contributed by atoms with van der Waals surface area (Å²) < 4.78 is 1.96. The molecular formula is C13H22ClN3. The SMILES string of the molecule is CCc1nn(C)c(CC2(C(C)NC)CC2)c1Cl. The first-order valence-corrected chi connectivity index (χ1v) is 6.79. The molecule has 1 saturated carbocycles. The lowest BCUT2D eigenvalue weighted by Crippen LogP contribution is -2.33. The topological polar surface area (TPSA) is 29.9 Å². The van der Waals surface area contributed by atoms with Crippen LogP contribution >= 0.6 is 11.6 Å². The summed E-state index contributed by atoms with van der Waals surface area (Å²) in [4.78, 5) is 0. The highest BCUT2D eigenvalue weighted by Crippen LogP contribution is 2.51. The van der Waals surface area contributed by atoms with Crippen molar-refractivity contribution in [1.82, 2.24) is 15.1 Å². The summed E-state index contributed by atoms with van der Waals surface area (Å²) in [5.74, 6) is 0. The standard InChI is InChI=1S/C13H22ClN3/c1-5-10-12(14)11(17(4)16-10)8-13(6-7-13)9(2)15-3/h9,15H,5-8H2,1-4H3. The number of hydrogen-bond acceptors (Lipinski definition) is 2. The van der Waals surface area contributed by atoms with E-state index < -0.39 is 0 Å². The summed E-state index contributed by atoms with van der Waals surface area (Å²) in [7, 11) is 4.04. The minimum absolute atomic E-state index is 0.400. The Morgan fingerprint density at radius 2 is 2.18 bits per heavy atom. The van der Waals surface area contributed by atoms with Gasteiger partial charge in [0, 0.05) is 13.1 Å². The Balaban J connectivity index is 2.22. The first-order chi connectivity index (χ1) is 8.04. The number of rotatable bonds is 5. The minimum atomic E-state index is 0.400. The first-order valence-electron chi connectivity index (χ1n) is 6.41. The molecule has 1 unspecified atom stereocenters. The zero-order valence-electron chi connectivity index (χ0n) is 11.2. The summed E-state index contributed by atoms with van der Waals surface area (Å²) in [6.45, 7) is 4.36. The van der Waals surface area contributed by atoms with Gasteiger partial charge in [0.15, 0.2) is 0 Å². The van der Waals surface area contributed by atoms with E-state index in [0.29, 0.717) is 11.5 Å². The van der Waals surface area contributed by atoms with E-state index >= 15 is 0 Å². The van der Waals surface area contributed by atoms with Crippen molar-refractivity contribution in [2.75, 3.05) is 7.05 Å². The van der Waals surface area contributed by atoms with Gasteiger partial charge in [-0.2, -0.15) is 5.10 Å². The summed E-state index contributed by atoms with van der Waals surface area (Å²) in [5, 5.41) is 8.74.